The van der Waals surface area contributed by atoms with Crippen LogP contribution in [-0.4, -0.2) is 0 Å². The molecule has 1 aliphatic carbocycles. The van der Waals surface area contributed by atoms with Gasteiger partial charge in [-0.3, -0.25) is 6.08 Å². The molecular formula is C7H6Re-2. The van der Waals surface area contributed by atoms with Gasteiger partial charge in [0, 0.05) is 20.4 Å². The van der Waals surface area contributed by atoms with E-state index in [4.69, 9.17) is 6.42 Å². The van der Waals surface area contributed by atoms with Crippen LogP contribution in [0.4, 0.5) is 0 Å². The summed E-state index contributed by atoms with van der Waals surface area (Å²) < 4.78 is 0. The summed E-state index contributed by atoms with van der Waals surface area (Å²) >= 11 is 0. The van der Waals surface area contributed by atoms with Crippen LogP contribution in [0.2, 0.25) is 0 Å². The van der Waals surface area contributed by atoms with Gasteiger partial charge in [-0.05, 0) is 0 Å². The molecule has 0 spiro atoms. The first-order chi connectivity index (χ1) is 3.50. The molecule has 0 aliphatic heterocycles. The monoisotopic (exact) mass is 277 g/mol. The minimum atomic E-state index is 0. The third-order valence-corrected chi connectivity index (χ3v) is 0.586. The molecule has 1 aliphatic rings. The Labute approximate surface area is 64.3 Å². The molecule has 8 heavy (non-hydrogen) atoms. The maximum atomic E-state index is 5.25. The third kappa shape index (κ3) is 5.70. The van der Waals surface area contributed by atoms with Gasteiger partial charge in [0.2, 0.25) is 0 Å². The molecule has 0 aromatic carbocycles. The van der Waals surface area contributed by atoms with Crippen LogP contribution >= 0.6 is 0 Å². The molecule has 0 N–H and O–H groups in total. The Morgan fingerprint density at radius 1 is 1.50 bits per heavy atom. The van der Waals surface area contributed by atoms with Crippen molar-refractivity contribution in [1.29, 1.82) is 0 Å². The van der Waals surface area contributed by atoms with E-state index >= 15 is 0 Å². The van der Waals surface area contributed by atoms with Crippen LogP contribution in [0.15, 0.2) is 18.2 Å². The zero-order chi connectivity index (χ0) is 5.54. The van der Waals surface area contributed by atoms with Crippen LogP contribution in [0.3, 0.4) is 0 Å². The van der Waals surface area contributed by atoms with Gasteiger partial charge in [0.1, 0.15) is 0 Å². The molecule has 0 saturated carbocycles. The van der Waals surface area contributed by atoms with Crippen LogP contribution in [0.5, 0.6) is 0 Å². The minimum absolute atomic E-state index is 0. The minimum Gasteiger partial charge on any atom is -0.697 e. The van der Waals surface area contributed by atoms with E-state index in [1.165, 1.54) is 0 Å². The van der Waals surface area contributed by atoms with Gasteiger partial charge >= 0.3 is 0 Å². The smallest absolute Gasteiger partial charge is 0 e. The fourth-order valence-electron chi connectivity index (χ4n) is 0.340. The molecule has 0 nitrogen and oxygen atoms in total. The summed E-state index contributed by atoms with van der Waals surface area (Å²) in [7, 11) is 0. The maximum Gasteiger partial charge on any atom is 0 e. The number of terminal acetylenes is 1. The van der Waals surface area contributed by atoms with E-state index in [2.05, 4.69) is 18.6 Å². The summed E-state index contributed by atoms with van der Waals surface area (Å²) in [6.45, 7) is 0. The average Bonchev–Trinajstić information content (AvgIpc) is 2.23. The zero-order valence-electron chi connectivity index (χ0n) is 4.39. The molecule has 0 atom stereocenters. The van der Waals surface area contributed by atoms with Gasteiger partial charge in [0.15, 0.2) is 0 Å². The molecule has 0 bridgehead atoms. The SMILES string of the molecule is [C-]#C.[C-]1=CC=CC1.[Re]. The van der Waals surface area contributed by atoms with E-state index < -0.39 is 0 Å². The van der Waals surface area contributed by atoms with Gasteiger partial charge in [-0.1, -0.05) is 0 Å². The van der Waals surface area contributed by atoms with E-state index in [1.54, 1.807) is 0 Å². The predicted molar refractivity (Wildman–Crippen MR) is 29.8 cm³/mol. The number of rotatable bonds is 0. The Balaban J connectivity index is 0. The molecule has 1 rings (SSSR count). The topological polar surface area (TPSA) is 0 Å². The standard InChI is InChI=1S/C5H5.C2H.Re/c1-2-4-5-3-1;1-2;/h1-3H,4H2;1H;/q2*-1;. The second kappa shape index (κ2) is 9.86. The van der Waals surface area contributed by atoms with Gasteiger partial charge < -0.3 is 12.8 Å². The van der Waals surface area contributed by atoms with Crippen LogP contribution in [-0.2, 0) is 20.4 Å². The molecule has 0 saturated heterocycles. The molecular weight excluding hydrogens is 270 g/mol. The summed E-state index contributed by atoms with van der Waals surface area (Å²) in [6.07, 6.45) is 19.0. The zero-order valence-corrected chi connectivity index (χ0v) is 7.11. The molecule has 0 aromatic heterocycles. The second-order valence-electron chi connectivity index (χ2n) is 1.00. The van der Waals surface area contributed by atoms with Crippen molar-refractivity contribution in [2.24, 2.45) is 0 Å². The van der Waals surface area contributed by atoms with E-state index in [-0.39, 0.29) is 20.4 Å². The molecule has 1 radical (unpaired) electrons. The third-order valence-electron chi connectivity index (χ3n) is 0.586. The fourth-order valence-corrected chi connectivity index (χ4v) is 0.340. The van der Waals surface area contributed by atoms with E-state index in [1.807, 2.05) is 12.2 Å². The van der Waals surface area contributed by atoms with Gasteiger partial charge in [0.05, 0.1) is 0 Å². The molecule has 1 heteroatoms. The van der Waals surface area contributed by atoms with Crippen molar-refractivity contribution in [3.8, 4) is 6.42 Å². The van der Waals surface area contributed by atoms with Crippen molar-refractivity contribution in [2.75, 3.05) is 0 Å². The van der Waals surface area contributed by atoms with Crippen molar-refractivity contribution in [3.05, 3.63) is 30.7 Å². The quantitative estimate of drug-likeness (QED) is 0.465. The first-order valence-electron chi connectivity index (χ1n) is 2.01. The van der Waals surface area contributed by atoms with Crippen molar-refractivity contribution in [1.82, 2.24) is 0 Å². The molecule has 43 valence electrons. The molecule has 0 fully saturated rings. The predicted octanol–water partition coefficient (Wildman–Crippen LogP) is 1.51. The Bertz CT molecular complexity index is 88.2. The van der Waals surface area contributed by atoms with Crippen molar-refractivity contribution >= 4 is 0 Å². The van der Waals surface area contributed by atoms with Crippen LogP contribution in [0.25, 0.3) is 0 Å². The second-order valence-corrected chi connectivity index (χ2v) is 1.00. The van der Waals surface area contributed by atoms with Gasteiger partial charge in [0.25, 0.3) is 0 Å². The summed E-state index contributed by atoms with van der Waals surface area (Å²) in [5.74, 6) is 0. The summed E-state index contributed by atoms with van der Waals surface area (Å²) in [4.78, 5) is 0. The first-order valence-corrected chi connectivity index (χ1v) is 2.01. The van der Waals surface area contributed by atoms with Gasteiger partial charge in [-0.25, -0.2) is 12.2 Å². The van der Waals surface area contributed by atoms with E-state index in [0.717, 1.165) is 6.42 Å². The average molecular weight is 276 g/mol. The van der Waals surface area contributed by atoms with Gasteiger partial charge in [-0.15, -0.1) is 6.42 Å². The van der Waals surface area contributed by atoms with Crippen LogP contribution < -0.4 is 0 Å². The number of hydrogen-bond acceptors (Lipinski definition) is 0. The Morgan fingerprint density at radius 3 is 2.25 bits per heavy atom. The van der Waals surface area contributed by atoms with Crippen molar-refractivity contribution in [3.63, 3.8) is 0 Å². The number of hydrogen-bond donors (Lipinski definition) is 0. The Hall–Kier alpha value is -0.298. The van der Waals surface area contributed by atoms with Crippen molar-refractivity contribution < 1.29 is 20.4 Å². The normalized spacial score (nSPS) is 11.2. The van der Waals surface area contributed by atoms with Gasteiger partial charge in [-0.2, -0.15) is 6.08 Å². The summed E-state index contributed by atoms with van der Waals surface area (Å²) in [6, 6.07) is 0. The molecule has 0 unspecified atom stereocenters. The maximum absolute atomic E-state index is 5.25. The van der Waals surface area contributed by atoms with Crippen LogP contribution in [0, 0.1) is 18.9 Å². The van der Waals surface area contributed by atoms with Crippen molar-refractivity contribution in [2.45, 2.75) is 6.42 Å². The number of allylic oxidation sites excluding steroid dienone is 4. The largest absolute Gasteiger partial charge is 0.697 e. The summed E-state index contributed by atoms with van der Waals surface area (Å²) in [5, 5.41) is 0. The molecule has 0 aromatic rings. The van der Waals surface area contributed by atoms with Crippen LogP contribution in [0.1, 0.15) is 6.42 Å². The Morgan fingerprint density at radius 2 is 2.12 bits per heavy atom. The Kier molecular flexibility index (Phi) is 13.1. The summed E-state index contributed by atoms with van der Waals surface area (Å²) in [5.41, 5.74) is 0. The van der Waals surface area contributed by atoms with E-state index in [9.17, 15) is 0 Å². The molecule has 0 amide bonds. The fraction of sp³-hybridized carbons (Fsp3) is 0.143. The first kappa shape index (κ1) is 10.6. The molecule has 0 heterocycles. The van der Waals surface area contributed by atoms with E-state index in [0.29, 0.717) is 0 Å².